The van der Waals surface area contributed by atoms with Crippen LogP contribution in [-0.2, 0) is 14.8 Å². The zero-order valence-corrected chi connectivity index (χ0v) is 12.4. The summed E-state index contributed by atoms with van der Waals surface area (Å²) in [6, 6.07) is 6.74. The van der Waals surface area contributed by atoms with E-state index in [-0.39, 0.29) is 18.8 Å². The lowest BCUT2D eigenvalue weighted by Crippen LogP contribution is -1.90. The van der Waals surface area contributed by atoms with Crippen LogP contribution < -0.4 is 0 Å². The van der Waals surface area contributed by atoms with Crippen LogP contribution in [0.4, 0.5) is 0 Å². The number of nitrogens with zero attached hydrogens (tertiary/aromatic N) is 1. The molecule has 0 radical (unpaired) electrons. The lowest BCUT2D eigenvalue weighted by atomic mass is 10.2. The molecule has 0 aliphatic heterocycles. The van der Waals surface area contributed by atoms with Gasteiger partial charge in [-0.25, -0.2) is 4.57 Å². The maximum Gasteiger partial charge on any atom is 0.386 e. The highest BCUT2D eigenvalue weighted by molar-refractivity contribution is 8.54. The van der Waals surface area contributed by atoms with E-state index in [9.17, 15) is 9.46 Å². The number of halogens is 2. The van der Waals surface area contributed by atoms with Crippen LogP contribution in [0.25, 0.3) is 0 Å². The Morgan fingerprint density at radius 1 is 1.50 bits per heavy atom. The van der Waals surface area contributed by atoms with Crippen LogP contribution in [0.3, 0.4) is 0 Å². The Bertz CT molecular complexity index is 506. The van der Waals surface area contributed by atoms with Gasteiger partial charge in [-0.15, -0.1) is 0 Å². The number of hydrogen-bond donors (Lipinski definition) is 1. The fraction of sp³-hybridized carbons (Fsp3) is 0.300. The van der Waals surface area contributed by atoms with Crippen LogP contribution in [0.1, 0.15) is 12.0 Å². The molecule has 0 amide bonds. The molecule has 0 spiro atoms. The third-order valence-corrected chi connectivity index (χ3v) is 5.41. The summed E-state index contributed by atoms with van der Waals surface area (Å²) in [4.78, 5) is 9.47. The first-order valence-electron chi connectivity index (χ1n) is 4.87. The first kappa shape index (κ1) is 15.8. The van der Waals surface area contributed by atoms with Gasteiger partial charge in [-0.2, -0.15) is 5.26 Å². The molecule has 18 heavy (non-hydrogen) atoms. The van der Waals surface area contributed by atoms with E-state index in [2.05, 4.69) is 0 Å². The quantitative estimate of drug-likeness (QED) is 0.625. The second kappa shape index (κ2) is 7.40. The lowest BCUT2D eigenvalue weighted by molar-refractivity contribution is 0.282. The molecule has 0 saturated carbocycles. The number of nitriles is 1. The summed E-state index contributed by atoms with van der Waals surface area (Å²) >= 11 is 12.4. The van der Waals surface area contributed by atoms with Crippen molar-refractivity contribution < 1.29 is 14.0 Å². The minimum absolute atomic E-state index is 0.0639. The Balaban J connectivity index is 2.54. The van der Waals surface area contributed by atoms with E-state index in [1.54, 1.807) is 18.2 Å². The molecule has 4 nitrogen and oxygen atoms in total. The van der Waals surface area contributed by atoms with E-state index in [1.807, 2.05) is 6.07 Å². The minimum atomic E-state index is -3.75. The van der Waals surface area contributed by atoms with Crippen LogP contribution in [0.2, 0.25) is 10.0 Å². The van der Waals surface area contributed by atoms with E-state index in [0.717, 1.165) is 11.4 Å². The highest BCUT2D eigenvalue weighted by Gasteiger charge is 2.20. The van der Waals surface area contributed by atoms with Gasteiger partial charge in [0.25, 0.3) is 0 Å². The van der Waals surface area contributed by atoms with Crippen molar-refractivity contribution in [3.8, 4) is 6.07 Å². The maximum atomic E-state index is 11.6. The third kappa shape index (κ3) is 5.62. The minimum Gasteiger partial charge on any atom is -0.316 e. The Morgan fingerprint density at radius 3 is 2.83 bits per heavy atom. The molecule has 98 valence electrons. The Morgan fingerprint density at radius 2 is 2.22 bits per heavy atom. The molecular formula is C10H10Cl2NO3PS. The van der Waals surface area contributed by atoms with E-state index in [0.29, 0.717) is 15.6 Å². The molecule has 1 rings (SSSR count). The number of hydrogen-bond acceptors (Lipinski definition) is 4. The summed E-state index contributed by atoms with van der Waals surface area (Å²) in [6.45, 7) is -3.81. The molecule has 1 unspecified atom stereocenters. The molecule has 0 saturated heterocycles. The molecular weight excluding hydrogens is 316 g/mol. The molecule has 8 heteroatoms. The number of rotatable bonds is 6. The third-order valence-electron chi connectivity index (χ3n) is 1.87. The van der Waals surface area contributed by atoms with E-state index < -0.39 is 6.80 Å². The van der Waals surface area contributed by atoms with Gasteiger partial charge in [0, 0.05) is 15.8 Å². The zero-order chi connectivity index (χ0) is 13.6. The van der Waals surface area contributed by atoms with Crippen LogP contribution in [0.5, 0.6) is 0 Å². The molecule has 0 aromatic heterocycles. The Labute approximate surface area is 119 Å². The van der Waals surface area contributed by atoms with Crippen molar-refractivity contribution in [2.45, 2.75) is 12.2 Å². The average molecular weight is 326 g/mol. The molecule has 0 heterocycles. The van der Waals surface area contributed by atoms with Crippen LogP contribution in [0.15, 0.2) is 18.2 Å². The molecule has 1 atom stereocenters. The molecule has 0 aliphatic rings. The number of benzene rings is 1. The normalized spacial score (nSPS) is 13.9. The van der Waals surface area contributed by atoms with Gasteiger partial charge in [-0.3, -0.25) is 4.52 Å². The summed E-state index contributed by atoms with van der Waals surface area (Å²) < 4.78 is 16.3. The van der Waals surface area contributed by atoms with Crippen molar-refractivity contribution in [2.75, 3.05) is 6.61 Å². The van der Waals surface area contributed by atoms with E-state index in [4.69, 9.17) is 33.0 Å². The highest BCUT2D eigenvalue weighted by Crippen LogP contribution is 2.57. The molecule has 1 aromatic carbocycles. The van der Waals surface area contributed by atoms with Crippen LogP contribution in [0, 0.1) is 11.3 Å². The highest BCUT2D eigenvalue weighted by atomic mass is 35.5. The molecule has 0 aliphatic carbocycles. The van der Waals surface area contributed by atoms with Crippen molar-refractivity contribution >= 4 is 41.4 Å². The lowest BCUT2D eigenvalue weighted by Gasteiger charge is -2.10. The fourth-order valence-electron chi connectivity index (χ4n) is 1.03. The Kier molecular flexibility index (Phi) is 6.51. The van der Waals surface area contributed by atoms with Crippen molar-refractivity contribution in [3.63, 3.8) is 0 Å². The summed E-state index contributed by atoms with van der Waals surface area (Å²) in [6.07, 6.45) is 0.0762. The summed E-state index contributed by atoms with van der Waals surface area (Å²) in [5, 5.41) is 9.24. The van der Waals surface area contributed by atoms with E-state index >= 15 is 0 Å². The van der Waals surface area contributed by atoms with Gasteiger partial charge in [0.15, 0.2) is 0 Å². The van der Waals surface area contributed by atoms with Gasteiger partial charge in [-0.1, -0.05) is 29.3 Å². The molecule has 1 N–H and O–H groups in total. The first-order chi connectivity index (χ1) is 8.44. The van der Waals surface area contributed by atoms with Crippen LogP contribution in [-0.4, -0.2) is 11.5 Å². The molecule has 0 fully saturated rings. The summed E-state index contributed by atoms with van der Waals surface area (Å²) in [5.74, 6) is 0.232. The van der Waals surface area contributed by atoms with Gasteiger partial charge in [-0.05, 0) is 29.1 Å². The van der Waals surface area contributed by atoms with Crippen molar-refractivity contribution in [1.29, 1.82) is 5.26 Å². The van der Waals surface area contributed by atoms with Crippen LogP contribution >= 0.6 is 41.4 Å². The standard InChI is InChI=1S/C10H10Cl2NO3PS/c11-9-3-2-8(10(12)6-9)7-18-17(14,15)16-5-1-4-13/h2-3,6H,1,5,7H2,(H,14,15). The smallest absolute Gasteiger partial charge is 0.316 e. The molecule has 0 bridgehead atoms. The first-order valence-corrected chi connectivity index (χ1v) is 8.80. The largest absolute Gasteiger partial charge is 0.386 e. The predicted molar refractivity (Wildman–Crippen MR) is 73.8 cm³/mol. The monoisotopic (exact) mass is 325 g/mol. The Hall–Kier alpha value is -0.210. The second-order valence-corrected chi connectivity index (χ2v) is 7.96. The average Bonchev–Trinajstić information content (AvgIpc) is 2.28. The van der Waals surface area contributed by atoms with Gasteiger partial charge in [0.05, 0.1) is 19.1 Å². The molecule has 1 aromatic rings. The maximum absolute atomic E-state index is 11.6. The summed E-state index contributed by atoms with van der Waals surface area (Å²) in [5.41, 5.74) is 0.698. The zero-order valence-electron chi connectivity index (χ0n) is 9.18. The van der Waals surface area contributed by atoms with E-state index in [1.165, 1.54) is 0 Å². The topological polar surface area (TPSA) is 70.3 Å². The van der Waals surface area contributed by atoms with Crippen molar-refractivity contribution in [1.82, 2.24) is 0 Å². The van der Waals surface area contributed by atoms with Crippen molar-refractivity contribution in [3.05, 3.63) is 33.8 Å². The van der Waals surface area contributed by atoms with Gasteiger partial charge >= 0.3 is 6.80 Å². The summed E-state index contributed by atoms with van der Waals surface area (Å²) in [7, 11) is 0. The van der Waals surface area contributed by atoms with Crippen molar-refractivity contribution in [2.24, 2.45) is 0 Å². The predicted octanol–water partition coefficient (Wildman–Crippen LogP) is 4.26. The fourth-order valence-corrected chi connectivity index (χ4v) is 3.89. The van der Waals surface area contributed by atoms with Gasteiger partial charge in [0.2, 0.25) is 0 Å². The second-order valence-electron chi connectivity index (χ2n) is 3.22. The van der Waals surface area contributed by atoms with Gasteiger partial charge in [0.1, 0.15) is 0 Å². The van der Waals surface area contributed by atoms with Gasteiger partial charge < -0.3 is 4.89 Å². The SMILES string of the molecule is N#CCCOP(=O)(O)SCc1ccc(Cl)cc1Cl.